The van der Waals surface area contributed by atoms with Gasteiger partial charge in [0.15, 0.2) is 0 Å². The van der Waals surface area contributed by atoms with Crippen LogP contribution in [0, 0.1) is 23.7 Å². The van der Waals surface area contributed by atoms with Crippen LogP contribution in [-0.2, 0) is 0 Å². The summed E-state index contributed by atoms with van der Waals surface area (Å²) >= 11 is 0. The first-order valence-corrected chi connectivity index (χ1v) is 24.3. The summed E-state index contributed by atoms with van der Waals surface area (Å²) in [5, 5.41) is 3.53. The lowest BCUT2D eigenvalue weighted by molar-refractivity contribution is 0.322. The SMILES string of the molecule is C[Si]1(C)N2N([Si](C)(C)C34C5CCCC3C541)[Si](C)(C)C13C4CCCC1C43[Si]2(C)C. The van der Waals surface area contributed by atoms with Crippen LogP contribution < -0.4 is 0 Å². The zero-order chi connectivity index (χ0) is 19.7. The van der Waals surface area contributed by atoms with Crippen molar-refractivity contribution in [1.82, 2.24) is 8.68 Å². The fourth-order valence-electron chi connectivity index (χ4n) is 14.6. The molecule has 154 valence electrons. The fraction of sp³-hybridized carbons (Fsp3) is 1.00. The second kappa shape index (κ2) is 3.76. The van der Waals surface area contributed by atoms with Crippen molar-refractivity contribution in [2.75, 3.05) is 0 Å². The van der Waals surface area contributed by atoms with Crippen LogP contribution >= 0.6 is 0 Å². The Morgan fingerprint density at radius 2 is 0.679 bits per heavy atom. The molecule has 6 heteroatoms. The van der Waals surface area contributed by atoms with Gasteiger partial charge in [-0.2, -0.15) is 0 Å². The highest BCUT2D eigenvalue weighted by Gasteiger charge is 3.13. The average Bonchev–Trinajstić information content (AvgIpc) is 3.49. The van der Waals surface area contributed by atoms with E-state index in [4.69, 9.17) is 0 Å². The normalized spacial score (nSPS) is 66.4. The predicted molar refractivity (Wildman–Crippen MR) is 126 cm³/mol. The topological polar surface area (TPSA) is 6.48 Å². The quantitative estimate of drug-likeness (QED) is 0.410. The lowest BCUT2D eigenvalue weighted by atomic mass is 9.88. The Morgan fingerprint density at radius 3 is 0.893 bits per heavy atom. The standard InChI is InChI=1S/C22H40N2Si4/c1-25(2)19-15-11-9-12-16(19)20(15,19)27(5,6)24-23(25)26(3,4)21-17-13-10-14-18(21)22(17,21)28(24,7)8/h15-18H,9-14H2,1-8H3. The van der Waals surface area contributed by atoms with Crippen molar-refractivity contribution in [3.63, 3.8) is 0 Å². The van der Waals surface area contributed by atoms with Crippen LogP contribution in [-0.4, -0.2) is 41.6 Å². The molecule has 2 aliphatic heterocycles. The molecule has 2 spiro atoms. The Morgan fingerprint density at radius 1 is 0.464 bits per heavy atom. The summed E-state index contributed by atoms with van der Waals surface area (Å²) in [5.74, 6) is 4.68. The van der Waals surface area contributed by atoms with Gasteiger partial charge < -0.3 is 0 Å². The van der Waals surface area contributed by atoms with E-state index in [9.17, 15) is 0 Å². The maximum Gasteiger partial charge on any atom is 0.136 e. The highest BCUT2D eigenvalue weighted by Crippen LogP contribution is 3.18. The molecule has 2 nitrogen and oxygen atoms in total. The molecular formula is C22H40N2Si4. The van der Waals surface area contributed by atoms with Crippen LogP contribution in [0.15, 0.2) is 0 Å². The molecule has 0 atom stereocenters. The molecule has 0 aromatic rings. The summed E-state index contributed by atoms with van der Waals surface area (Å²) in [4.78, 5) is 0. The maximum absolute atomic E-state index is 3.48. The second-order valence-electron chi connectivity index (χ2n) is 14.4. The molecule has 0 N–H and O–H groups in total. The number of rotatable bonds is 0. The lowest BCUT2D eigenvalue weighted by Crippen LogP contribution is -2.84. The molecular weight excluding hydrogens is 405 g/mol. The smallest absolute Gasteiger partial charge is 0.136 e. The van der Waals surface area contributed by atoms with Crippen molar-refractivity contribution < 1.29 is 0 Å². The third-order valence-corrected chi connectivity index (χ3v) is 39.4. The Kier molecular flexibility index (Phi) is 2.33. The van der Waals surface area contributed by atoms with Gasteiger partial charge in [-0.1, -0.05) is 65.2 Å². The zero-order valence-corrected chi connectivity index (χ0v) is 23.4. The van der Waals surface area contributed by atoms with E-state index in [2.05, 4.69) is 61.1 Å². The second-order valence-corrected chi connectivity index (χ2v) is 32.8. The first-order valence-electron chi connectivity index (χ1n) is 12.5. The molecule has 28 heavy (non-hydrogen) atoms. The van der Waals surface area contributed by atoms with E-state index < -0.39 is 32.9 Å². The molecule has 0 aromatic heterocycles. The third-order valence-electron chi connectivity index (χ3n) is 13.8. The van der Waals surface area contributed by atoms with Crippen LogP contribution in [0.3, 0.4) is 0 Å². The van der Waals surface area contributed by atoms with E-state index in [-0.39, 0.29) is 0 Å². The number of hydrogen-bond acceptors (Lipinski definition) is 2. The van der Waals surface area contributed by atoms with Crippen LogP contribution in [0.1, 0.15) is 38.5 Å². The minimum absolute atomic E-state index is 0.884. The van der Waals surface area contributed by atoms with Gasteiger partial charge in [0.2, 0.25) is 0 Å². The van der Waals surface area contributed by atoms with Gasteiger partial charge in [0.1, 0.15) is 32.9 Å². The van der Waals surface area contributed by atoms with Gasteiger partial charge in [-0.15, -0.1) is 0 Å². The van der Waals surface area contributed by atoms with Gasteiger partial charge in [-0.05, 0) is 69.5 Å². The monoisotopic (exact) mass is 444 g/mol. The van der Waals surface area contributed by atoms with Crippen molar-refractivity contribution in [2.45, 2.75) is 111 Å². The number of fused-ring (bicyclic) bond motifs is 1. The van der Waals surface area contributed by atoms with Gasteiger partial charge in [0, 0.05) is 0 Å². The Bertz CT molecular complexity index is 735. The Balaban J connectivity index is 1.41. The molecule has 8 aliphatic rings. The maximum atomic E-state index is 3.48. The van der Waals surface area contributed by atoms with Crippen LogP contribution in [0.5, 0.6) is 0 Å². The van der Waals surface area contributed by atoms with E-state index in [1.54, 1.807) is 38.5 Å². The lowest BCUT2D eigenvalue weighted by Gasteiger charge is -2.67. The Labute approximate surface area is 176 Å². The molecule has 0 amide bonds. The van der Waals surface area contributed by atoms with E-state index >= 15 is 0 Å². The van der Waals surface area contributed by atoms with Crippen molar-refractivity contribution in [1.29, 1.82) is 0 Å². The summed E-state index contributed by atoms with van der Waals surface area (Å²) in [6, 6.07) is 0. The third kappa shape index (κ3) is 0.981. The molecule has 8 fully saturated rings. The van der Waals surface area contributed by atoms with E-state index in [1.807, 2.05) is 0 Å². The van der Waals surface area contributed by atoms with E-state index in [0.29, 0.717) is 0 Å². The molecule has 2 saturated heterocycles. The number of hydrogen-bond donors (Lipinski definition) is 0. The largest absolute Gasteiger partial charge is 0.294 e. The molecule has 0 aromatic carbocycles. The van der Waals surface area contributed by atoms with Gasteiger partial charge in [0.25, 0.3) is 0 Å². The highest BCUT2D eigenvalue weighted by molar-refractivity contribution is 7.10. The summed E-state index contributed by atoms with van der Waals surface area (Å²) in [7, 11) is -5.79. The summed E-state index contributed by atoms with van der Waals surface area (Å²) in [5.41, 5.74) is 0. The van der Waals surface area contributed by atoms with Crippen molar-refractivity contribution in [3.8, 4) is 0 Å². The van der Waals surface area contributed by atoms with Crippen molar-refractivity contribution >= 4 is 32.9 Å². The first kappa shape index (κ1) is 17.4. The van der Waals surface area contributed by atoms with E-state index in [0.717, 1.165) is 20.2 Å². The van der Waals surface area contributed by atoms with Crippen molar-refractivity contribution in [3.05, 3.63) is 0 Å². The summed E-state index contributed by atoms with van der Waals surface area (Å²) < 4.78 is 6.96. The minimum Gasteiger partial charge on any atom is -0.294 e. The summed E-state index contributed by atoms with van der Waals surface area (Å²) in [6.45, 7) is 23.2. The molecule has 0 radical (unpaired) electrons. The number of hydrazine groups is 1. The van der Waals surface area contributed by atoms with E-state index in [1.165, 1.54) is 23.7 Å². The molecule has 2 heterocycles. The molecule has 6 saturated carbocycles. The average molecular weight is 445 g/mol. The minimum atomic E-state index is -1.45. The first-order chi connectivity index (χ1) is 12.9. The molecule has 8 rings (SSSR count). The fourth-order valence-corrected chi connectivity index (χ4v) is 56.3. The number of nitrogens with zero attached hydrogens (tertiary/aromatic N) is 2. The van der Waals surface area contributed by atoms with Gasteiger partial charge in [0.05, 0.1) is 0 Å². The van der Waals surface area contributed by atoms with Gasteiger partial charge in [-0.3, -0.25) is 8.68 Å². The molecule has 6 aliphatic carbocycles. The van der Waals surface area contributed by atoms with Crippen LogP contribution in [0.4, 0.5) is 0 Å². The van der Waals surface area contributed by atoms with Gasteiger partial charge >= 0.3 is 0 Å². The highest BCUT2D eigenvalue weighted by atomic mass is 28.4. The van der Waals surface area contributed by atoms with Crippen LogP contribution in [0.2, 0.25) is 72.5 Å². The molecule has 0 unspecified atom stereocenters. The van der Waals surface area contributed by atoms with Gasteiger partial charge in [-0.25, -0.2) is 0 Å². The zero-order valence-electron chi connectivity index (χ0n) is 19.4. The Hall–Kier alpha value is 0.788. The summed E-state index contributed by atoms with van der Waals surface area (Å²) in [6.07, 6.45) is 9.56. The van der Waals surface area contributed by atoms with Crippen LogP contribution in [0.25, 0.3) is 0 Å². The van der Waals surface area contributed by atoms with Crippen molar-refractivity contribution in [2.24, 2.45) is 23.7 Å². The predicted octanol–water partition coefficient (Wildman–Crippen LogP) is 6.20. The molecule has 0 bridgehead atoms.